The van der Waals surface area contributed by atoms with Crippen LogP contribution in [0.25, 0.3) is 22.2 Å². The molecule has 0 bridgehead atoms. The molecule has 0 aliphatic heterocycles. The normalized spacial score (nSPS) is 10.6. The molecule has 0 atom stereocenters. The third kappa shape index (κ3) is 2.06. The molecule has 0 N–H and O–H groups in total. The summed E-state index contributed by atoms with van der Waals surface area (Å²) in [5.41, 5.74) is 2.40. The second kappa shape index (κ2) is 4.74. The standard InChI is InChI=1S/C14H8ClN3O/c15-14-11(7-19)13(17-8-18-14)10-5-9-3-1-2-4-12(9)16-6-10/h1-8H. The fraction of sp³-hybridized carbons (Fsp3) is 0. The summed E-state index contributed by atoms with van der Waals surface area (Å²) < 4.78 is 0. The van der Waals surface area contributed by atoms with E-state index in [-0.39, 0.29) is 10.7 Å². The molecule has 4 nitrogen and oxygen atoms in total. The van der Waals surface area contributed by atoms with Crippen LogP contribution >= 0.6 is 11.6 Å². The van der Waals surface area contributed by atoms with Crippen molar-refractivity contribution in [3.63, 3.8) is 0 Å². The van der Waals surface area contributed by atoms with Crippen molar-refractivity contribution < 1.29 is 4.79 Å². The molecule has 92 valence electrons. The Balaban J connectivity index is 2.24. The van der Waals surface area contributed by atoms with Gasteiger partial charge in [-0.1, -0.05) is 29.8 Å². The summed E-state index contributed by atoms with van der Waals surface area (Å²) in [7, 11) is 0. The smallest absolute Gasteiger partial charge is 0.155 e. The van der Waals surface area contributed by atoms with Crippen LogP contribution in [0.1, 0.15) is 10.4 Å². The summed E-state index contributed by atoms with van der Waals surface area (Å²) in [6, 6.07) is 9.66. The van der Waals surface area contributed by atoms with E-state index >= 15 is 0 Å². The lowest BCUT2D eigenvalue weighted by Crippen LogP contribution is -1.96. The molecule has 0 saturated heterocycles. The van der Waals surface area contributed by atoms with Gasteiger partial charge in [0.25, 0.3) is 0 Å². The van der Waals surface area contributed by atoms with E-state index in [1.807, 2.05) is 30.3 Å². The molecule has 2 aromatic heterocycles. The lowest BCUT2D eigenvalue weighted by molar-refractivity contribution is 0.112. The monoisotopic (exact) mass is 269 g/mol. The lowest BCUT2D eigenvalue weighted by Gasteiger charge is -2.05. The molecule has 0 radical (unpaired) electrons. The molecule has 5 heteroatoms. The van der Waals surface area contributed by atoms with Crippen LogP contribution in [0.3, 0.4) is 0 Å². The minimum absolute atomic E-state index is 0.146. The van der Waals surface area contributed by atoms with Crippen LogP contribution < -0.4 is 0 Å². The highest BCUT2D eigenvalue weighted by molar-refractivity contribution is 6.32. The molecule has 0 fully saturated rings. The quantitative estimate of drug-likeness (QED) is 0.530. The Morgan fingerprint density at radius 1 is 1.11 bits per heavy atom. The zero-order valence-electron chi connectivity index (χ0n) is 9.75. The molecule has 0 amide bonds. The van der Waals surface area contributed by atoms with Crippen molar-refractivity contribution in [3.05, 3.63) is 53.6 Å². The number of benzene rings is 1. The SMILES string of the molecule is O=Cc1c(Cl)ncnc1-c1cnc2ccccc2c1. The highest BCUT2D eigenvalue weighted by Gasteiger charge is 2.11. The highest BCUT2D eigenvalue weighted by Crippen LogP contribution is 2.25. The Labute approximate surface area is 114 Å². The maximum Gasteiger partial charge on any atom is 0.155 e. The molecule has 3 aromatic rings. The number of carbonyl (C=O) groups is 1. The van der Waals surface area contributed by atoms with Crippen molar-refractivity contribution >= 4 is 28.8 Å². The Bertz CT molecular complexity index is 773. The van der Waals surface area contributed by atoms with Gasteiger partial charge in [0.05, 0.1) is 16.8 Å². The molecule has 1 aromatic carbocycles. The predicted octanol–water partition coefficient (Wildman–Crippen LogP) is 3.16. The molecule has 3 rings (SSSR count). The van der Waals surface area contributed by atoms with Crippen LogP contribution in [-0.4, -0.2) is 21.2 Å². The number of nitrogens with zero attached hydrogens (tertiary/aromatic N) is 3. The van der Waals surface area contributed by atoms with Crippen molar-refractivity contribution in [1.82, 2.24) is 15.0 Å². The number of carbonyl (C=O) groups excluding carboxylic acids is 1. The first-order valence-corrected chi connectivity index (χ1v) is 5.98. The zero-order chi connectivity index (χ0) is 13.2. The van der Waals surface area contributed by atoms with Gasteiger partial charge in [-0.3, -0.25) is 9.78 Å². The van der Waals surface area contributed by atoms with E-state index in [4.69, 9.17) is 11.6 Å². The number of halogens is 1. The van der Waals surface area contributed by atoms with Crippen LogP contribution in [0.4, 0.5) is 0 Å². The fourth-order valence-corrected chi connectivity index (χ4v) is 2.09. The zero-order valence-corrected chi connectivity index (χ0v) is 10.5. The predicted molar refractivity (Wildman–Crippen MR) is 73.2 cm³/mol. The third-order valence-corrected chi connectivity index (χ3v) is 3.12. The molecule has 2 heterocycles. The van der Waals surface area contributed by atoms with Gasteiger partial charge in [0.1, 0.15) is 11.5 Å². The largest absolute Gasteiger partial charge is 0.298 e. The summed E-state index contributed by atoms with van der Waals surface area (Å²) >= 11 is 5.89. The van der Waals surface area contributed by atoms with Crippen LogP contribution in [0.2, 0.25) is 5.15 Å². The van der Waals surface area contributed by atoms with Crippen molar-refractivity contribution in [2.75, 3.05) is 0 Å². The molecular weight excluding hydrogens is 262 g/mol. The molecule has 0 unspecified atom stereocenters. The average molecular weight is 270 g/mol. The Morgan fingerprint density at radius 2 is 1.95 bits per heavy atom. The second-order valence-corrected chi connectivity index (χ2v) is 4.32. The van der Waals surface area contributed by atoms with E-state index in [2.05, 4.69) is 15.0 Å². The first-order valence-electron chi connectivity index (χ1n) is 5.60. The topological polar surface area (TPSA) is 55.7 Å². The summed E-state index contributed by atoms with van der Waals surface area (Å²) in [5, 5.41) is 1.12. The van der Waals surface area contributed by atoms with Crippen LogP contribution in [-0.2, 0) is 0 Å². The van der Waals surface area contributed by atoms with E-state index in [1.54, 1.807) is 6.20 Å². The summed E-state index contributed by atoms with van der Waals surface area (Å²) in [4.78, 5) is 23.4. The van der Waals surface area contributed by atoms with Gasteiger partial charge in [-0.05, 0) is 12.1 Å². The molecule has 0 saturated carbocycles. The molecule has 0 aliphatic carbocycles. The first kappa shape index (κ1) is 11.7. The summed E-state index contributed by atoms with van der Waals surface area (Å²) in [5.74, 6) is 0. The minimum atomic E-state index is 0.146. The van der Waals surface area contributed by atoms with Crippen LogP contribution in [0.5, 0.6) is 0 Å². The van der Waals surface area contributed by atoms with Crippen molar-refractivity contribution in [1.29, 1.82) is 0 Å². The van der Waals surface area contributed by atoms with E-state index < -0.39 is 0 Å². The van der Waals surface area contributed by atoms with Gasteiger partial charge in [-0.25, -0.2) is 9.97 Å². The van der Waals surface area contributed by atoms with Crippen LogP contribution in [0.15, 0.2) is 42.9 Å². The van der Waals surface area contributed by atoms with Gasteiger partial charge in [-0.2, -0.15) is 0 Å². The number of pyridine rings is 1. The van der Waals surface area contributed by atoms with Gasteiger partial charge < -0.3 is 0 Å². The van der Waals surface area contributed by atoms with E-state index in [9.17, 15) is 4.79 Å². The number of fused-ring (bicyclic) bond motifs is 1. The minimum Gasteiger partial charge on any atom is -0.298 e. The van der Waals surface area contributed by atoms with Crippen molar-refractivity contribution in [3.8, 4) is 11.3 Å². The Hall–Kier alpha value is -2.33. The Morgan fingerprint density at radius 3 is 2.79 bits per heavy atom. The van der Waals surface area contributed by atoms with Crippen molar-refractivity contribution in [2.45, 2.75) is 0 Å². The number of hydrogen-bond acceptors (Lipinski definition) is 4. The van der Waals surface area contributed by atoms with Gasteiger partial charge in [0, 0.05) is 17.1 Å². The fourth-order valence-electron chi connectivity index (χ4n) is 1.91. The molecule has 0 spiro atoms. The van der Waals surface area contributed by atoms with E-state index in [1.165, 1.54) is 6.33 Å². The van der Waals surface area contributed by atoms with Gasteiger partial charge in [0.15, 0.2) is 6.29 Å². The third-order valence-electron chi connectivity index (χ3n) is 2.82. The number of aromatic nitrogens is 3. The number of rotatable bonds is 2. The number of para-hydroxylation sites is 1. The van der Waals surface area contributed by atoms with E-state index in [0.717, 1.165) is 16.5 Å². The molecule has 19 heavy (non-hydrogen) atoms. The van der Waals surface area contributed by atoms with Gasteiger partial charge in [-0.15, -0.1) is 0 Å². The Kier molecular flexibility index (Phi) is 2.93. The van der Waals surface area contributed by atoms with Crippen molar-refractivity contribution in [2.24, 2.45) is 0 Å². The molecular formula is C14H8ClN3O. The van der Waals surface area contributed by atoms with Crippen LogP contribution in [0, 0.1) is 0 Å². The maximum absolute atomic E-state index is 11.1. The van der Waals surface area contributed by atoms with Gasteiger partial charge in [0.2, 0.25) is 0 Å². The second-order valence-electron chi connectivity index (χ2n) is 3.96. The lowest BCUT2D eigenvalue weighted by atomic mass is 10.1. The number of hydrogen-bond donors (Lipinski definition) is 0. The summed E-state index contributed by atoms with van der Waals surface area (Å²) in [6.07, 6.45) is 3.67. The molecule has 0 aliphatic rings. The van der Waals surface area contributed by atoms with Gasteiger partial charge >= 0.3 is 0 Å². The highest BCUT2D eigenvalue weighted by atomic mass is 35.5. The first-order chi connectivity index (χ1) is 9.29. The summed E-state index contributed by atoms with van der Waals surface area (Å²) in [6.45, 7) is 0. The maximum atomic E-state index is 11.1. The average Bonchev–Trinajstić information content (AvgIpc) is 2.46. The van der Waals surface area contributed by atoms with E-state index in [0.29, 0.717) is 12.0 Å². The number of aldehydes is 1.